The SMILES string of the molecule is COc1c(C(F)F)c[nH]c(=O)c1C(F)(F)F. The number of aromatic amines is 1. The number of ether oxygens (including phenoxy) is 1. The second-order valence-corrected chi connectivity index (χ2v) is 2.78. The fraction of sp³-hybridized carbons (Fsp3) is 0.375. The van der Waals surface area contributed by atoms with Crippen molar-refractivity contribution in [2.75, 3.05) is 7.11 Å². The molecule has 16 heavy (non-hydrogen) atoms. The van der Waals surface area contributed by atoms with Crippen LogP contribution in [0.2, 0.25) is 0 Å². The van der Waals surface area contributed by atoms with Crippen LogP contribution in [0.1, 0.15) is 17.6 Å². The van der Waals surface area contributed by atoms with Crippen molar-refractivity contribution in [3.63, 3.8) is 0 Å². The van der Waals surface area contributed by atoms with Gasteiger partial charge in [-0.15, -0.1) is 0 Å². The van der Waals surface area contributed by atoms with Gasteiger partial charge in [-0.25, -0.2) is 8.78 Å². The van der Waals surface area contributed by atoms with E-state index in [-0.39, 0.29) is 0 Å². The molecule has 0 bridgehead atoms. The van der Waals surface area contributed by atoms with Gasteiger partial charge in [0.05, 0.1) is 12.7 Å². The molecular weight excluding hydrogens is 237 g/mol. The van der Waals surface area contributed by atoms with Crippen molar-refractivity contribution in [1.82, 2.24) is 4.98 Å². The number of methoxy groups -OCH3 is 1. The second kappa shape index (κ2) is 4.11. The molecule has 0 radical (unpaired) electrons. The third kappa shape index (κ3) is 2.15. The highest BCUT2D eigenvalue weighted by atomic mass is 19.4. The lowest BCUT2D eigenvalue weighted by atomic mass is 10.1. The van der Waals surface area contributed by atoms with Crippen LogP contribution in [0, 0.1) is 0 Å². The van der Waals surface area contributed by atoms with Crippen molar-refractivity contribution in [2.24, 2.45) is 0 Å². The molecule has 0 saturated carbocycles. The number of halogens is 5. The molecule has 0 aliphatic carbocycles. The predicted molar refractivity (Wildman–Crippen MR) is 43.6 cm³/mol. The van der Waals surface area contributed by atoms with Crippen LogP contribution in [0.4, 0.5) is 22.0 Å². The first-order valence-electron chi connectivity index (χ1n) is 3.94. The zero-order valence-corrected chi connectivity index (χ0v) is 7.86. The average Bonchev–Trinajstić information content (AvgIpc) is 2.14. The lowest BCUT2D eigenvalue weighted by Gasteiger charge is -2.13. The largest absolute Gasteiger partial charge is 0.495 e. The van der Waals surface area contributed by atoms with Gasteiger partial charge in [-0.05, 0) is 0 Å². The van der Waals surface area contributed by atoms with E-state index in [0.29, 0.717) is 6.20 Å². The van der Waals surface area contributed by atoms with Crippen LogP contribution in [0.5, 0.6) is 5.75 Å². The smallest absolute Gasteiger partial charge is 0.425 e. The van der Waals surface area contributed by atoms with E-state index in [4.69, 9.17) is 0 Å². The van der Waals surface area contributed by atoms with Gasteiger partial charge in [-0.2, -0.15) is 13.2 Å². The number of alkyl halides is 5. The Kier molecular flexibility index (Phi) is 3.20. The zero-order valence-electron chi connectivity index (χ0n) is 7.86. The average molecular weight is 243 g/mol. The van der Waals surface area contributed by atoms with E-state index < -0.39 is 35.0 Å². The number of rotatable bonds is 2. The lowest BCUT2D eigenvalue weighted by Crippen LogP contribution is -2.23. The molecule has 3 nitrogen and oxygen atoms in total. The Morgan fingerprint density at radius 3 is 2.31 bits per heavy atom. The fourth-order valence-electron chi connectivity index (χ4n) is 1.17. The summed E-state index contributed by atoms with van der Waals surface area (Å²) in [4.78, 5) is 12.5. The van der Waals surface area contributed by atoms with Crippen molar-refractivity contribution in [2.45, 2.75) is 12.6 Å². The number of aromatic nitrogens is 1. The van der Waals surface area contributed by atoms with Gasteiger partial charge in [-0.3, -0.25) is 4.79 Å². The molecule has 0 unspecified atom stereocenters. The van der Waals surface area contributed by atoms with Crippen LogP contribution in [0.25, 0.3) is 0 Å². The van der Waals surface area contributed by atoms with Crippen LogP contribution >= 0.6 is 0 Å². The predicted octanol–water partition coefficient (Wildman–Crippen LogP) is 2.34. The Bertz CT molecular complexity index is 437. The normalized spacial score (nSPS) is 11.9. The molecule has 1 aromatic heterocycles. The highest BCUT2D eigenvalue weighted by molar-refractivity contribution is 5.41. The van der Waals surface area contributed by atoms with Gasteiger partial charge < -0.3 is 9.72 Å². The van der Waals surface area contributed by atoms with Crippen molar-refractivity contribution in [3.05, 3.63) is 27.7 Å². The Morgan fingerprint density at radius 2 is 1.94 bits per heavy atom. The summed E-state index contributed by atoms with van der Waals surface area (Å²) in [5.41, 5.74) is -4.28. The van der Waals surface area contributed by atoms with Gasteiger partial charge in [0, 0.05) is 6.20 Å². The van der Waals surface area contributed by atoms with Crippen LogP contribution in [0.15, 0.2) is 11.0 Å². The minimum absolute atomic E-state index is 0.501. The fourth-order valence-corrected chi connectivity index (χ4v) is 1.17. The maximum atomic E-state index is 12.4. The van der Waals surface area contributed by atoms with E-state index in [9.17, 15) is 26.7 Å². The van der Waals surface area contributed by atoms with Gasteiger partial charge in [0.2, 0.25) is 0 Å². The van der Waals surface area contributed by atoms with Gasteiger partial charge in [0.25, 0.3) is 12.0 Å². The van der Waals surface area contributed by atoms with Crippen molar-refractivity contribution in [3.8, 4) is 5.75 Å². The molecule has 1 rings (SSSR count). The van der Waals surface area contributed by atoms with E-state index in [0.717, 1.165) is 7.11 Å². The molecule has 0 saturated heterocycles. The van der Waals surface area contributed by atoms with E-state index in [2.05, 4.69) is 4.74 Å². The quantitative estimate of drug-likeness (QED) is 0.810. The summed E-state index contributed by atoms with van der Waals surface area (Å²) in [6.45, 7) is 0. The van der Waals surface area contributed by atoms with E-state index in [1.54, 1.807) is 4.98 Å². The van der Waals surface area contributed by atoms with Crippen molar-refractivity contribution < 1.29 is 26.7 Å². The van der Waals surface area contributed by atoms with Crippen LogP contribution in [-0.2, 0) is 6.18 Å². The van der Waals surface area contributed by atoms with Crippen molar-refractivity contribution in [1.29, 1.82) is 0 Å². The summed E-state index contributed by atoms with van der Waals surface area (Å²) in [5, 5.41) is 0. The van der Waals surface area contributed by atoms with Crippen molar-refractivity contribution >= 4 is 0 Å². The summed E-state index contributed by atoms with van der Waals surface area (Å²) in [6.07, 6.45) is -7.72. The molecule has 0 atom stereocenters. The molecule has 0 aliphatic heterocycles. The van der Waals surface area contributed by atoms with Gasteiger partial charge >= 0.3 is 6.18 Å². The van der Waals surface area contributed by atoms with Gasteiger partial charge in [0.15, 0.2) is 5.56 Å². The third-order valence-electron chi connectivity index (χ3n) is 1.80. The molecule has 0 aromatic carbocycles. The topological polar surface area (TPSA) is 42.1 Å². The molecule has 1 aromatic rings. The standard InChI is InChI=1S/C8H6F5NO2/c1-16-5-3(6(9)10)2-14-7(15)4(5)8(11,12)13/h2,6H,1H3,(H,14,15). The third-order valence-corrected chi connectivity index (χ3v) is 1.80. The monoisotopic (exact) mass is 243 g/mol. The first-order valence-corrected chi connectivity index (χ1v) is 3.94. The molecule has 1 N–H and O–H groups in total. The molecule has 90 valence electrons. The summed E-state index contributed by atoms with van der Waals surface area (Å²) >= 11 is 0. The lowest BCUT2D eigenvalue weighted by molar-refractivity contribution is -0.140. The minimum Gasteiger partial charge on any atom is -0.495 e. The minimum atomic E-state index is -5.05. The van der Waals surface area contributed by atoms with E-state index in [1.807, 2.05) is 0 Å². The maximum Gasteiger partial charge on any atom is 0.425 e. The Morgan fingerprint density at radius 1 is 1.38 bits per heavy atom. The van der Waals surface area contributed by atoms with Gasteiger partial charge in [0.1, 0.15) is 5.75 Å². The number of H-pyrrole nitrogens is 1. The van der Waals surface area contributed by atoms with Crippen LogP contribution in [-0.4, -0.2) is 12.1 Å². The van der Waals surface area contributed by atoms with Crippen LogP contribution < -0.4 is 10.3 Å². The first-order chi connectivity index (χ1) is 7.29. The molecule has 0 amide bonds. The highest BCUT2D eigenvalue weighted by Gasteiger charge is 2.39. The Hall–Kier alpha value is -1.60. The zero-order chi connectivity index (χ0) is 12.5. The van der Waals surface area contributed by atoms with Gasteiger partial charge in [-0.1, -0.05) is 0 Å². The molecule has 0 spiro atoms. The number of hydrogen-bond acceptors (Lipinski definition) is 2. The molecular formula is C8H6F5NO2. The highest BCUT2D eigenvalue weighted by Crippen LogP contribution is 2.38. The number of hydrogen-bond donors (Lipinski definition) is 1. The Balaban J connectivity index is 3.58. The molecule has 0 aliphatic rings. The molecule has 1 heterocycles. The maximum absolute atomic E-state index is 12.4. The summed E-state index contributed by atoms with van der Waals surface area (Å²) in [7, 11) is 0.788. The molecule has 8 heteroatoms. The summed E-state index contributed by atoms with van der Waals surface area (Å²) in [6, 6.07) is 0. The second-order valence-electron chi connectivity index (χ2n) is 2.78. The number of nitrogens with one attached hydrogen (secondary N) is 1. The summed E-state index contributed by atoms with van der Waals surface area (Å²) in [5.74, 6) is -1.15. The molecule has 0 fully saturated rings. The Labute approximate surface area is 85.8 Å². The number of pyridine rings is 1. The summed E-state index contributed by atoms with van der Waals surface area (Å²) < 4.78 is 66.1. The van der Waals surface area contributed by atoms with E-state index in [1.165, 1.54) is 0 Å². The first kappa shape index (κ1) is 12.5. The van der Waals surface area contributed by atoms with E-state index >= 15 is 0 Å². The van der Waals surface area contributed by atoms with Crippen LogP contribution in [0.3, 0.4) is 0 Å².